The zero-order chi connectivity index (χ0) is 20.7. The normalized spacial score (nSPS) is 11.5. The van der Waals surface area contributed by atoms with Crippen LogP contribution in [0.3, 0.4) is 0 Å². The molecule has 0 aliphatic heterocycles. The number of aromatic nitrogens is 2. The van der Waals surface area contributed by atoms with E-state index in [0.717, 1.165) is 10.6 Å². The van der Waals surface area contributed by atoms with Crippen molar-refractivity contribution in [2.45, 2.75) is 32.4 Å². The number of esters is 1. The number of amides is 1. The van der Waals surface area contributed by atoms with Gasteiger partial charge >= 0.3 is 17.6 Å². The summed E-state index contributed by atoms with van der Waals surface area (Å²) in [7, 11) is 0. The first-order valence-electron chi connectivity index (χ1n) is 8.34. The zero-order valence-corrected chi connectivity index (χ0v) is 15.0. The van der Waals surface area contributed by atoms with E-state index >= 15 is 0 Å². The van der Waals surface area contributed by atoms with E-state index in [1.807, 2.05) is 0 Å². The van der Waals surface area contributed by atoms with E-state index in [4.69, 9.17) is 4.74 Å². The van der Waals surface area contributed by atoms with Crippen molar-refractivity contribution in [3.8, 4) is 5.75 Å². The standard InChI is InChI=1S/C18H19N3O7/c1-11(22)28-13-4-2-12(3-5-13)10-14(17(25)26)19-15(23)6-8-21-9-7-16(24)20-18(21)27/h2-5,7,9,14H,6,8,10H2,1H3,(H,19,23)(H,25,26)(H,20,24,27). The molecule has 2 rings (SSSR count). The maximum Gasteiger partial charge on any atom is 0.328 e. The molecule has 1 atom stereocenters. The highest BCUT2D eigenvalue weighted by atomic mass is 16.5. The van der Waals surface area contributed by atoms with Crippen molar-refractivity contribution in [3.05, 3.63) is 62.9 Å². The predicted molar refractivity (Wildman–Crippen MR) is 97.0 cm³/mol. The lowest BCUT2D eigenvalue weighted by Gasteiger charge is -2.15. The van der Waals surface area contributed by atoms with Gasteiger partial charge in [-0.2, -0.15) is 0 Å². The van der Waals surface area contributed by atoms with E-state index in [9.17, 15) is 29.1 Å². The van der Waals surface area contributed by atoms with Crippen LogP contribution in [-0.4, -0.2) is 38.5 Å². The van der Waals surface area contributed by atoms with Crippen molar-refractivity contribution < 1.29 is 24.2 Å². The first kappa shape index (κ1) is 20.6. The fourth-order valence-corrected chi connectivity index (χ4v) is 2.40. The minimum atomic E-state index is -1.21. The van der Waals surface area contributed by atoms with Crippen LogP contribution in [0.1, 0.15) is 18.9 Å². The number of carboxylic acids is 1. The van der Waals surface area contributed by atoms with Crippen LogP contribution in [0, 0.1) is 0 Å². The Bertz CT molecular complexity index is 976. The van der Waals surface area contributed by atoms with Crippen molar-refractivity contribution in [1.82, 2.24) is 14.9 Å². The number of ether oxygens (including phenoxy) is 1. The summed E-state index contributed by atoms with van der Waals surface area (Å²) in [5.41, 5.74) is -0.570. The molecular formula is C18H19N3O7. The lowest BCUT2D eigenvalue weighted by atomic mass is 10.1. The number of aryl methyl sites for hydroxylation is 1. The van der Waals surface area contributed by atoms with E-state index in [1.165, 1.54) is 25.3 Å². The van der Waals surface area contributed by atoms with Crippen LogP contribution in [-0.2, 0) is 27.3 Å². The molecule has 0 saturated carbocycles. The number of hydrogen-bond donors (Lipinski definition) is 3. The third kappa shape index (κ3) is 6.24. The third-order valence-corrected chi connectivity index (χ3v) is 3.73. The number of carbonyl (C=O) groups is 3. The smallest absolute Gasteiger partial charge is 0.328 e. The molecule has 2 aromatic rings. The second kappa shape index (κ2) is 9.31. The summed E-state index contributed by atoms with van der Waals surface area (Å²) >= 11 is 0. The summed E-state index contributed by atoms with van der Waals surface area (Å²) in [6.45, 7) is 1.26. The monoisotopic (exact) mass is 389 g/mol. The summed E-state index contributed by atoms with van der Waals surface area (Å²) in [5, 5.41) is 11.7. The molecular weight excluding hydrogens is 370 g/mol. The van der Waals surface area contributed by atoms with Gasteiger partial charge in [0, 0.05) is 38.6 Å². The second-order valence-corrected chi connectivity index (χ2v) is 5.95. The topological polar surface area (TPSA) is 148 Å². The molecule has 148 valence electrons. The number of benzene rings is 1. The number of carbonyl (C=O) groups excluding carboxylic acids is 2. The molecule has 0 fully saturated rings. The third-order valence-electron chi connectivity index (χ3n) is 3.73. The van der Waals surface area contributed by atoms with Gasteiger partial charge in [-0.05, 0) is 17.7 Å². The summed E-state index contributed by atoms with van der Waals surface area (Å²) in [4.78, 5) is 59.0. The van der Waals surface area contributed by atoms with Crippen molar-refractivity contribution >= 4 is 17.8 Å². The van der Waals surface area contributed by atoms with Crippen molar-refractivity contribution in [3.63, 3.8) is 0 Å². The Kier molecular flexibility index (Phi) is 6.85. The lowest BCUT2D eigenvalue weighted by Crippen LogP contribution is -2.43. The van der Waals surface area contributed by atoms with Crippen LogP contribution in [0.5, 0.6) is 5.75 Å². The van der Waals surface area contributed by atoms with Gasteiger partial charge in [-0.1, -0.05) is 12.1 Å². The van der Waals surface area contributed by atoms with Gasteiger partial charge in [-0.3, -0.25) is 19.4 Å². The maximum atomic E-state index is 12.1. The summed E-state index contributed by atoms with van der Waals surface area (Å²) in [6.07, 6.45) is 1.15. The van der Waals surface area contributed by atoms with E-state index in [-0.39, 0.29) is 19.4 Å². The van der Waals surface area contributed by atoms with Crippen LogP contribution in [0.15, 0.2) is 46.1 Å². The highest BCUT2D eigenvalue weighted by molar-refractivity contribution is 5.83. The van der Waals surface area contributed by atoms with Gasteiger partial charge < -0.3 is 19.7 Å². The Morgan fingerprint density at radius 2 is 1.86 bits per heavy atom. The number of aromatic amines is 1. The van der Waals surface area contributed by atoms with Crippen LogP contribution >= 0.6 is 0 Å². The van der Waals surface area contributed by atoms with Gasteiger partial charge in [0.1, 0.15) is 11.8 Å². The molecule has 0 bridgehead atoms. The highest BCUT2D eigenvalue weighted by Crippen LogP contribution is 2.14. The Balaban J connectivity index is 1.95. The number of aliphatic carboxylic acids is 1. The number of H-pyrrole nitrogens is 1. The van der Waals surface area contributed by atoms with E-state index in [1.54, 1.807) is 12.1 Å². The first-order valence-corrected chi connectivity index (χ1v) is 8.34. The SMILES string of the molecule is CC(=O)Oc1ccc(CC(NC(=O)CCn2ccc(=O)[nH]c2=O)C(=O)O)cc1. The van der Waals surface area contributed by atoms with Gasteiger partial charge in [0.2, 0.25) is 5.91 Å². The van der Waals surface area contributed by atoms with Crippen LogP contribution in [0.2, 0.25) is 0 Å². The Hall–Kier alpha value is -3.69. The highest BCUT2D eigenvalue weighted by Gasteiger charge is 2.20. The average Bonchev–Trinajstić information content (AvgIpc) is 2.61. The van der Waals surface area contributed by atoms with E-state index in [0.29, 0.717) is 11.3 Å². The molecule has 28 heavy (non-hydrogen) atoms. The molecule has 0 aliphatic rings. The zero-order valence-electron chi connectivity index (χ0n) is 15.0. The molecule has 1 aromatic heterocycles. The van der Waals surface area contributed by atoms with Crippen molar-refractivity contribution in [2.24, 2.45) is 0 Å². The van der Waals surface area contributed by atoms with Crippen molar-refractivity contribution in [1.29, 1.82) is 0 Å². The minimum Gasteiger partial charge on any atom is -0.480 e. The van der Waals surface area contributed by atoms with Crippen LogP contribution in [0.25, 0.3) is 0 Å². The average molecular weight is 389 g/mol. The lowest BCUT2D eigenvalue weighted by molar-refractivity contribution is -0.141. The molecule has 1 unspecified atom stereocenters. The summed E-state index contributed by atoms with van der Waals surface area (Å²) in [6, 6.07) is 6.23. The van der Waals surface area contributed by atoms with Gasteiger partial charge in [-0.15, -0.1) is 0 Å². The molecule has 10 nitrogen and oxygen atoms in total. The van der Waals surface area contributed by atoms with Gasteiger partial charge in [0.25, 0.3) is 5.56 Å². The molecule has 0 saturated heterocycles. The van der Waals surface area contributed by atoms with Crippen molar-refractivity contribution in [2.75, 3.05) is 0 Å². The maximum absolute atomic E-state index is 12.1. The molecule has 0 spiro atoms. The number of nitrogens with one attached hydrogen (secondary N) is 2. The number of hydrogen-bond acceptors (Lipinski definition) is 6. The van der Waals surface area contributed by atoms with E-state index < -0.39 is 35.1 Å². The molecule has 0 radical (unpaired) electrons. The van der Waals surface area contributed by atoms with Gasteiger partial charge in [0.05, 0.1) is 0 Å². The second-order valence-electron chi connectivity index (χ2n) is 5.95. The quantitative estimate of drug-likeness (QED) is 0.413. The molecule has 1 aromatic carbocycles. The Labute approximate surface area is 158 Å². The van der Waals surface area contributed by atoms with Gasteiger partial charge in [0.15, 0.2) is 0 Å². The number of nitrogens with zero attached hydrogens (tertiary/aromatic N) is 1. The fourth-order valence-electron chi connectivity index (χ4n) is 2.40. The first-order chi connectivity index (χ1) is 13.2. The largest absolute Gasteiger partial charge is 0.480 e. The molecule has 0 aliphatic carbocycles. The predicted octanol–water partition coefficient (Wildman–Crippen LogP) is -0.336. The van der Waals surface area contributed by atoms with Crippen LogP contribution in [0.4, 0.5) is 0 Å². The molecule has 1 amide bonds. The summed E-state index contributed by atoms with van der Waals surface area (Å²) < 4.78 is 6.05. The van der Waals surface area contributed by atoms with Gasteiger partial charge in [-0.25, -0.2) is 9.59 Å². The van der Waals surface area contributed by atoms with Crippen LogP contribution < -0.4 is 21.3 Å². The van der Waals surface area contributed by atoms with E-state index in [2.05, 4.69) is 10.3 Å². The minimum absolute atomic E-state index is 0.00906. The fraction of sp³-hybridized carbons (Fsp3) is 0.278. The Morgan fingerprint density at radius 3 is 2.43 bits per heavy atom. The molecule has 1 heterocycles. The Morgan fingerprint density at radius 1 is 1.18 bits per heavy atom. The number of rotatable bonds is 8. The molecule has 10 heteroatoms. The molecule has 3 N–H and O–H groups in total. The summed E-state index contributed by atoms with van der Waals surface area (Å²) in [5.74, 6) is -1.90. The number of carboxylic acid groups (broad SMARTS) is 1.